The summed E-state index contributed by atoms with van der Waals surface area (Å²) in [6.45, 7) is 0. The Morgan fingerprint density at radius 3 is 3.07 bits per heavy atom. The van der Waals surface area contributed by atoms with Gasteiger partial charge in [0.05, 0.1) is 30.6 Å². The molecule has 2 rings (SSSR count). The number of nitrogens with zero attached hydrogens (tertiary/aromatic N) is 1. The first-order valence-corrected chi connectivity index (χ1v) is 4.87. The number of hydrogen-bond acceptors (Lipinski definition) is 5. The molecule has 0 saturated heterocycles. The maximum atomic E-state index is 5.98. The molecule has 0 aliphatic heterocycles. The molecule has 74 valence electrons. The topological polar surface area (TPSA) is 61.3 Å². The third kappa shape index (κ3) is 1.64. The van der Waals surface area contributed by atoms with Crippen LogP contribution < -0.4 is 10.5 Å². The van der Waals surface area contributed by atoms with E-state index in [9.17, 15) is 0 Å². The molecule has 14 heavy (non-hydrogen) atoms. The van der Waals surface area contributed by atoms with Crippen LogP contribution >= 0.6 is 11.5 Å². The van der Waals surface area contributed by atoms with Crippen molar-refractivity contribution in [1.82, 2.24) is 4.37 Å². The van der Waals surface area contributed by atoms with Gasteiger partial charge in [-0.25, -0.2) is 0 Å². The molecule has 1 unspecified atom stereocenters. The summed E-state index contributed by atoms with van der Waals surface area (Å²) in [6.07, 6.45) is 3.24. The fraction of sp³-hybridized carbons (Fsp3) is 0.222. The molecule has 4 nitrogen and oxygen atoms in total. The molecular weight excluding hydrogens is 200 g/mol. The maximum absolute atomic E-state index is 5.98. The molecule has 0 radical (unpaired) electrons. The Morgan fingerprint density at radius 2 is 2.50 bits per heavy atom. The van der Waals surface area contributed by atoms with E-state index < -0.39 is 0 Å². The van der Waals surface area contributed by atoms with Gasteiger partial charge in [0.25, 0.3) is 0 Å². The number of rotatable bonds is 3. The van der Waals surface area contributed by atoms with Gasteiger partial charge in [0, 0.05) is 11.6 Å². The summed E-state index contributed by atoms with van der Waals surface area (Å²) in [7, 11) is 1.59. The van der Waals surface area contributed by atoms with Crippen LogP contribution in [0, 0.1) is 0 Å². The van der Waals surface area contributed by atoms with Crippen molar-refractivity contribution in [3.8, 4) is 5.88 Å². The van der Waals surface area contributed by atoms with Crippen molar-refractivity contribution < 1.29 is 9.15 Å². The van der Waals surface area contributed by atoms with Gasteiger partial charge in [-0.1, -0.05) is 0 Å². The molecule has 2 heterocycles. The van der Waals surface area contributed by atoms with Crippen molar-refractivity contribution in [1.29, 1.82) is 0 Å². The molecule has 0 spiro atoms. The van der Waals surface area contributed by atoms with Crippen LogP contribution in [0.15, 0.2) is 29.1 Å². The lowest BCUT2D eigenvalue weighted by Gasteiger charge is -2.03. The fourth-order valence-corrected chi connectivity index (χ4v) is 1.86. The number of aromatic nitrogens is 1. The van der Waals surface area contributed by atoms with E-state index in [4.69, 9.17) is 14.9 Å². The van der Waals surface area contributed by atoms with Crippen LogP contribution in [0.4, 0.5) is 0 Å². The molecule has 0 saturated carbocycles. The van der Waals surface area contributed by atoms with Gasteiger partial charge in [-0.2, -0.15) is 4.37 Å². The molecule has 0 fully saturated rings. The van der Waals surface area contributed by atoms with Crippen LogP contribution in [0.2, 0.25) is 0 Å². The average molecular weight is 210 g/mol. The highest BCUT2D eigenvalue weighted by Crippen LogP contribution is 2.26. The van der Waals surface area contributed by atoms with E-state index in [0.717, 1.165) is 10.4 Å². The molecule has 2 N–H and O–H groups in total. The number of furan rings is 1. The second kappa shape index (κ2) is 3.81. The van der Waals surface area contributed by atoms with Gasteiger partial charge in [0.15, 0.2) is 0 Å². The average Bonchev–Trinajstić information content (AvgIpc) is 2.88. The Kier molecular flexibility index (Phi) is 2.51. The van der Waals surface area contributed by atoms with Crippen LogP contribution in [-0.4, -0.2) is 11.5 Å². The summed E-state index contributed by atoms with van der Waals surface area (Å²) in [5, 5.41) is 0. The Morgan fingerprint density at radius 1 is 1.64 bits per heavy atom. The van der Waals surface area contributed by atoms with E-state index in [2.05, 4.69) is 4.37 Å². The first kappa shape index (κ1) is 9.23. The normalized spacial score (nSPS) is 12.7. The van der Waals surface area contributed by atoms with Gasteiger partial charge in [-0.05, 0) is 17.6 Å². The van der Waals surface area contributed by atoms with E-state index in [-0.39, 0.29) is 6.04 Å². The van der Waals surface area contributed by atoms with Crippen molar-refractivity contribution in [3.05, 3.63) is 35.1 Å². The molecule has 2 aromatic rings. The Balaban J connectivity index is 2.23. The highest BCUT2D eigenvalue weighted by Gasteiger charge is 2.13. The molecule has 0 aromatic carbocycles. The zero-order valence-electron chi connectivity index (χ0n) is 7.64. The molecule has 2 aromatic heterocycles. The van der Waals surface area contributed by atoms with E-state index >= 15 is 0 Å². The SMILES string of the molecule is COc1cc(C(N)c2ccoc2)sn1. The largest absolute Gasteiger partial charge is 0.480 e. The minimum atomic E-state index is -0.185. The second-order valence-electron chi connectivity index (χ2n) is 2.81. The molecule has 0 aliphatic carbocycles. The van der Waals surface area contributed by atoms with Crippen LogP contribution in [0.5, 0.6) is 5.88 Å². The molecule has 1 atom stereocenters. The first-order valence-electron chi connectivity index (χ1n) is 4.09. The number of nitrogens with two attached hydrogens (primary N) is 1. The number of hydrogen-bond donors (Lipinski definition) is 1. The Labute approximate surface area is 85.5 Å². The molecule has 0 amide bonds. The van der Waals surface area contributed by atoms with Crippen molar-refractivity contribution in [2.45, 2.75) is 6.04 Å². The summed E-state index contributed by atoms with van der Waals surface area (Å²) in [5.74, 6) is 0.601. The van der Waals surface area contributed by atoms with E-state index in [0.29, 0.717) is 5.88 Å². The first-order chi connectivity index (χ1) is 6.81. The van der Waals surface area contributed by atoms with E-state index in [1.807, 2.05) is 12.1 Å². The molecule has 0 bridgehead atoms. The van der Waals surface area contributed by atoms with Crippen LogP contribution in [0.3, 0.4) is 0 Å². The van der Waals surface area contributed by atoms with Gasteiger partial charge in [-0.15, -0.1) is 0 Å². The summed E-state index contributed by atoms with van der Waals surface area (Å²) < 4.78 is 14.0. The quantitative estimate of drug-likeness (QED) is 0.839. The lowest BCUT2D eigenvalue weighted by Crippen LogP contribution is -2.08. The fourth-order valence-electron chi connectivity index (χ4n) is 1.13. The van der Waals surface area contributed by atoms with Gasteiger partial charge in [-0.3, -0.25) is 0 Å². The van der Waals surface area contributed by atoms with Crippen molar-refractivity contribution >= 4 is 11.5 Å². The van der Waals surface area contributed by atoms with Crippen molar-refractivity contribution in [3.63, 3.8) is 0 Å². The third-order valence-electron chi connectivity index (χ3n) is 1.92. The van der Waals surface area contributed by atoms with Gasteiger partial charge in [0.1, 0.15) is 0 Å². The molecular formula is C9H10N2O2S. The molecule has 5 heteroatoms. The number of ether oxygens (including phenoxy) is 1. The third-order valence-corrected chi connectivity index (χ3v) is 2.78. The van der Waals surface area contributed by atoms with Gasteiger partial charge in [0.2, 0.25) is 5.88 Å². The summed E-state index contributed by atoms with van der Waals surface area (Å²) in [4.78, 5) is 0.961. The minimum Gasteiger partial charge on any atom is -0.480 e. The Hall–Kier alpha value is -1.33. The minimum absolute atomic E-state index is 0.185. The highest BCUT2D eigenvalue weighted by atomic mass is 32.1. The van der Waals surface area contributed by atoms with E-state index in [1.165, 1.54) is 11.5 Å². The second-order valence-corrected chi connectivity index (χ2v) is 3.64. The van der Waals surface area contributed by atoms with Gasteiger partial charge < -0.3 is 14.9 Å². The van der Waals surface area contributed by atoms with Crippen molar-refractivity contribution in [2.75, 3.05) is 7.11 Å². The van der Waals surface area contributed by atoms with E-state index in [1.54, 1.807) is 19.6 Å². The van der Waals surface area contributed by atoms with Gasteiger partial charge >= 0.3 is 0 Å². The summed E-state index contributed by atoms with van der Waals surface area (Å²) in [5.41, 5.74) is 6.92. The van der Waals surface area contributed by atoms with Crippen LogP contribution in [0.1, 0.15) is 16.5 Å². The number of methoxy groups -OCH3 is 1. The monoisotopic (exact) mass is 210 g/mol. The maximum Gasteiger partial charge on any atom is 0.225 e. The lowest BCUT2D eigenvalue weighted by atomic mass is 10.1. The Bertz CT molecular complexity index is 397. The predicted octanol–water partition coefficient (Wildman–Crippen LogP) is 1.79. The smallest absolute Gasteiger partial charge is 0.225 e. The van der Waals surface area contributed by atoms with Crippen LogP contribution in [-0.2, 0) is 0 Å². The standard InChI is InChI=1S/C9H10N2O2S/c1-12-8-4-7(14-11-8)9(10)6-2-3-13-5-6/h2-5,9H,10H2,1H3. The predicted molar refractivity (Wildman–Crippen MR) is 53.4 cm³/mol. The van der Waals surface area contributed by atoms with Crippen molar-refractivity contribution in [2.24, 2.45) is 5.73 Å². The van der Waals surface area contributed by atoms with Crippen LogP contribution in [0.25, 0.3) is 0 Å². The summed E-state index contributed by atoms with van der Waals surface area (Å²) in [6, 6.07) is 3.49. The zero-order valence-corrected chi connectivity index (χ0v) is 8.45. The summed E-state index contributed by atoms with van der Waals surface area (Å²) >= 11 is 1.34. The zero-order chi connectivity index (χ0) is 9.97. The molecule has 0 aliphatic rings. The lowest BCUT2D eigenvalue weighted by molar-refractivity contribution is 0.402. The highest BCUT2D eigenvalue weighted by molar-refractivity contribution is 7.06.